The molecule has 0 saturated carbocycles. The number of benzene rings is 1. The normalized spacial score (nSPS) is 17.3. The van der Waals surface area contributed by atoms with Crippen molar-refractivity contribution >= 4 is 27.5 Å². The van der Waals surface area contributed by atoms with Crippen LogP contribution in [-0.2, 0) is 14.8 Å². The van der Waals surface area contributed by atoms with E-state index in [1.54, 1.807) is 45.0 Å². The molecule has 0 aliphatic carbocycles. The van der Waals surface area contributed by atoms with Crippen LogP contribution in [-0.4, -0.2) is 43.3 Å². The Bertz CT molecular complexity index is 993. The fourth-order valence-electron chi connectivity index (χ4n) is 3.25. The molecular formula is C20H25N3O5S. The Labute approximate surface area is 170 Å². The number of nitrogens with one attached hydrogen (secondary N) is 2. The van der Waals surface area contributed by atoms with Crippen molar-refractivity contribution in [3.05, 3.63) is 48.4 Å². The van der Waals surface area contributed by atoms with Gasteiger partial charge in [-0.3, -0.25) is 9.59 Å². The largest absolute Gasteiger partial charge is 0.459 e. The van der Waals surface area contributed by atoms with E-state index in [4.69, 9.17) is 4.42 Å². The molecule has 1 saturated heterocycles. The monoisotopic (exact) mass is 419 g/mol. The summed E-state index contributed by atoms with van der Waals surface area (Å²) >= 11 is 0. The number of sulfonamides is 1. The molecule has 2 heterocycles. The second kappa shape index (κ2) is 8.00. The molecule has 2 amide bonds. The molecule has 1 atom stereocenters. The Balaban J connectivity index is 1.75. The van der Waals surface area contributed by atoms with E-state index in [1.165, 1.54) is 23.3 Å². The van der Waals surface area contributed by atoms with Crippen LogP contribution in [0.5, 0.6) is 0 Å². The third-order valence-electron chi connectivity index (χ3n) is 4.40. The minimum atomic E-state index is -3.73. The summed E-state index contributed by atoms with van der Waals surface area (Å²) < 4.78 is 32.8. The van der Waals surface area contributed by atoms with Gasteiger partial charge in [-0.1, -0.05) is 6.07 Å². The summed E-state index contributed by atoms with van der Waals surface area (Å²) in [4.78, 5) is 26.9. The summed E-state index contributed by atoms with van der Waals surface area (Å²) in [7, 11) is -3.73. The third kappa shape index (κ3) is 5.04. The summed E-state index contributed by atoms with van der Waals surface area (Å²) in [6.07, 6.45) is 2.65. The van der Waals surface area contributed by atoms with E-state index >= 15 is 0 Å². The van der Waals surface area contributed by atoms with Gasteiger partial charge in [-0.2, -0.15) is 0 Å². The molecule has 156 valence electrons. The Morgan fingerprint density at radius 2 is 1.93 bits per heavy atom. The maximum atomic E-state index is 12.8. The lowest BCUT2D eigenvalue weighted by Crippen LogP contribution is -2.43. The number of nitrogens with zero attached hydrogens (tertiary/aromatic N) is 1. The molecule has 29 heavy (non-hydrogen) atoms. The number of hydrogen-bond donors (Lipinski definition) is 2. The highest BCUT2D eigenvalue weighted by Crippen LogP contribution is 2.23. The maximum Gasteiger partial charge on any atom is 0.290 e. The number of carbonyl (C=O) groups is 2. The van der Waals surface area contributed by atoms with Gasteiger partial charge >= 0.3 is 0 Å². The minimum absolute atomic E-state index is 0.0557. The van der Waals surface area contributed by atoms with Gasteiger partial charge in [0.05, 0.1) is 11.2 Å². The van der Waals surface area contributed by atoms with Crippen LogP contribution >= 0.6 is 0 Å². The molecule has 9 heteroatoms. The molecule has 3 rings (SSSR count). The van der Waals surface area contributed by atoms with Crippen LogP contribution in [0.2, 0.25) is 0 Å². The van der Waals surface area contributed by atoms with Crippen LogP contribution < -0.4 is 10.0 Å². The summed E-state index contributed by atoms with van der Waals surface area (Å²) in [6, 6.07) is 8.59. The first-order chi connectivity index (χ1) is 13.6. The molecule has 0 spiro atoms. The number of rotatable bonds is 5. The van der Waals surface area contributed by atoms with Crippen molar-refractivity contribution in [2.24, 2.45) is 0 Å². The Kier molecular flexibility index (Phi) is 5.81. The molecule has 1 aromatic heterocycles. The summed E-state index contributed by atoms with van der Waals surface area (Å²) in [5, 5.41) is 2.73. The Morgan fingerprint density at radius 1 is 1.17 bits per heavy atom. The molecule has 8 nitrogen and oxygen atoms in total. The number of furan rings is 1. The predicted octanol–water partition coefficient (Wildman–Crippen LogP) is 2.60. The SMILES string of the molecule is CC(C)(C)NS(=O)(=O)c1cccc(NC(=O)[C@@H]2CCCN2C(=O)c2ccco2)c1. The number of likely N-dealkylation sites (tertiary alicyclic amines) is 1. The molecule has 1 aliphatic rings. The van der Waals surface area contributed by atoms with Gasteiger partial charge in [0.15, 0.2) is 5.76 Å². The fourth-order valence-corrected chi connectivity index (χ4v) is 4.72. The number of carbonyl (C=O) groups excluding carboxylic acids is 2. The summed E-state index contributed by atoms with van der Waals surface area (Å²) in [5.41, 5.74) is -0.279. The van der Waals surface area contributed by atoms with Gasteiger partial charge in [-0.25, -0.2) is 13.1 Å². The quantitative estimate of drug-likeness (QED) is 0.774. The van der Waals surface area contributed by atoms with E-state index < -0.39 is 21.6 Å². The van der Waals surface area contributed by atoms with Gasteiger partial charge in [0.1, 0.15) is 6.04 Å². The highest BCUT2D eigenvalue weighted by molar-refractivity contribution is 7.89. The molecule has 2 N–H and O–H groups in total. The van der Waals surface area contributed by atoms with E-state index in [2.05, 4.69) is 10.0 Å². The van der Waals surface area contributed by atoms with Gasteiger partial charge in [-0.15, -0.1) is 0 Å². The lowest BCUT2D eigenvalue weighted by molar-refractivity contribution is -0.119. The van der Waals surface area contributed by atoms with Crippen molar-refractivity contribution in [2.45, 2.75) is 50.1 Å². The van der Waals surface area contributed by atoms with Crippen LogP contribution in [0, 0.1) is 0 Å². The number of anilines is 1. The van der Waals surface area contributed by atoms with E-state index in [0.29, 0.717) is 25.1 Å². The van der Waals surface area contributed by atoms with Crippen molar-refractivity contribution < 1.29 is 22.4 Å². The van der Waals surface area contributed by atoms with Gasteiger partial charge in [-0.05, 0) is 63.9 Å². The van der Waals surface area contributed by atoms with Gasteiger partial charge in [0.2, 0.25) is 15.9 Å². The van der Waals surface area contributed by atoms with Crippen LogP contribution in [0.25, 0.3) is 0 Å². The zero-order valence-corrected chi connectivity index (χ0v) is 17.5. The minimum Gasteiger partial charge on any atom is -0.459 e. The summed E-state index contributed by atoms with van der Waals surface area (Å²) in [5.74, 6) is -0.509. The van der Waals surface area contributed by atoms with Crippen molar-refractivity contribution in [2.75, 3.05) is 11.9 Å². The third-order valence-corrected chi connectivity index (χ3v) is 6.16. The first-order valence-electron chi connectivity index (χ1n) is 9.36. The zero-order chi connectivity index (χ0) is 21.2. The predicted molar refractivity (Wildman–Crippen MR) is 108 cm³/mol. The van der Waals surface area contributed by atoms with Gasteiger partial charge < -0.3 is 14.6 Å². The molecule has 0 bridgehead atoms. The van der Waals surface area contributed by atoms with E-state index in [-0.39, 0.29) is 22.5 Å². The summed E-state index contributed by atoms with van der Waals surface area (Å²) in [6.45, 7) is 5.71. The highest BCUT2D eigenvalue weighted by Gasteiger charge is 2.35. The van der Waals surface area contributed by atoms with Crippen LogP contribution in [0.4, 0.5) is 5.69 Å². The lowest BCUT2D eigenvalue weighted by Gasteiger charge is -2.23. The van der Waals surface area contributed by atoms with Crippen LogP contribution in [0.3, 0.4) is 0 Å². The molecule has 0 radical (unpaired) electrons. The van der Waals surface area contributed by atoms with Gasteiger partial charge in [0.25, 0.3) is 5.91 Å². The topological polar surface area (TPSA) is 109 Å². The fraction of sp³-hybridized carbons (Fsp3) is 0.400. The maximum absolute atomic E-state index is 12.8. The molecule has 1 fully saturated rings. The molecule has 1 aromatic carbocycles. The van der Waals surface area contributed by atoms with Crippen LogP contribution in [0.15, 0.2) is 52.0 Å². The zero-order valence-electron chi connectivity index (χ0n) is 16.6. The molecular weight excluding hydrogens is 394 g/mol. The van der Waals surface area contributed by atoms with Crippen molar-refractivity contribution in [3.8, 4) is 0 Å². The average Bonchev–Trinajstić information content (AvgIpc) is 3.31. The molecule has 0 unspecified atom stereocenters. The number of amides is 2. The number of hydrogen-bond acceptors (Lipinski definition) is 5. The first kappa shape index (κ1) is 21.1. The van der Waals surface area contributed by atoms with E-state index in [9.17, 15) is 18.0 Å². The van der Waals surface area contributed by atoms with E-state index in [0.717, 1.165) is 0 Å². The Morgan fingerprint density at radius 3 is 2.59 bits per heavy atom. The molecule has 1 aliphatic heterocycles. The van der Waals surface area contributed by atoms with Crippen molar-refractivity contribution in [1.82, 2.24) is 9.62 Å². The second-order valence-corrected chi connectivity index (χ2v) is 9.69. The second-order valence-electron chi connectivity index (χ2n) is 8.01. The van der Waals surface area contributed by atoms with Crippen molar-refractivity contribution in [3.63, 3.8) is 0 Å². The van der Waals surface area contributed by atoms with Gasteiger partial charge in [0, 0.05) is 17.8 Å². The highest BCUT2D eigenvalue weighted by atomic mass is 32.2. The standard InChI is InChI=1S/C20H25N3O5S/c1-20(2,3)22-29(26,27)15-8-4-7-14(13-15)21-18(24)16-9-5-11-23(16)19(25)17-10-6-12-28-17/h4,6-8,10,12-13,16,22H,5,9,11H2,1-3H3,(H,21,24)/t16-/m0/s1. The first-order valence-corrected chi connectivity index (χ1v) is 10.8. The Hall–Kier alpha value is -2.65. The van der Waals surface area contributed by atoms with E-state index in [1.807, 2.05) is 0 Å². The lowest BCUT2D eigenvalue weighted by atomic mass is 10.1. The molecule has 2 aromatic rings. The van der Waals surface area contributed by atoms with Crippen LogP contribution in [0.1, 0.15) is 44.2 Å². The smallest absolute Gasteiger partial charge is 0.290 e. The van der Waals surface area contributed by atoms with Crippen molar-refractivity contribution in [1.29, 1.82) is 0 Å². The average molecular weight is 420 g/mol.